The lowest BCUT2D eigenvalue weighted by Gasteiger charge is -2.33. The molecule has 2 amide bonds. The van der Waals surface area contributed by atoms with Crippen molar-refractivity contribution in [2.75, 3.05) is 19.6 Å². The summed E-state index contributed by atoms with van der Waals surface area (Å²) in [5.41, 5.74) is -0.715. The molecule has 1 saturated carbocycles. The summed E-state index contributed by atoms with van der Waals surface area (Å²) >= 11 is 0. The third-order valence-corrected chi connectivity index (χ3v) is 4.39. The monoisotopic (exact) mass is 270 g/mol. The topological polar surface area (TPSA) is 89.9 Å². The van der Waals surface area contributed by atoms with Crippen LogP contribution in [0.4, 0.5) is 4.79 Å². The Morgan fingerprint density at radius 3 is 2.37 bits per heavy atom. The smallest absolute Gasteiger partial charge is 0.317 e. The van der Waals surface area contributed by atoms with E-state index >= 15 is 0 Å². The molecular weight excluding hydrogens is 248 g/mol. The molecule has 1 aliphatic carbocycles. The Balaban J connectivity index is 1.74. The van der Waals surface area contributed by atoms with Gasteiger partial charge in [-0.15, -0.1) is 0 Å². The van der Waals surface area contributed by atoms with Crippen molar-refractivity contribution >= 4 is 12.0 Å². The molecule has 1 unspecified atom stereocenters. The fourth-order valence-corrected chi connectivity index (χ4v) is 2.56. The van der Waals surface area contributed by atoms with Gasteiger partial charge in [0.05, 0.1) is 11.5 Å². The van der Waals surface area contributed by atoms with E-state index in [1.54, 1.807) is 11.8 Å². The second-order valence-electron chi connectivity index (χ2n) is 5.81. The maximum atomic E-state index is 11.9. The van der Waals surface area contributed by atoms with Crippen LogP contribution in [-0.4, -0.2) is 52.9 Å². The number of hydrogen-bond acceptors (Lipinski definition) is 3. The normalized spacial score (nSPS) is 23.8. The minimum atomic E-state index is -0.819. The predicted molar refractivity (Wildman–Crippen MR) is 68.7 cm³/mol. The third-order valence-electron chi connectivity index (χ3n) is 4.39. The number of carboxylic acids is 1. The molecular formula is C13H22N2O4. The van der Waals surface area contributed by atoms with Crippen LogP contribution in [0.15, 0.2) is 0 Å². The van der Waals surface area contributed by atoms with E-state index in [0.29, 0.717) is 25.9 Å². The summed E-state index contributed by atoms with van der Waals surface area (Å²) in [7, 11) is 0. The zero-order valence-corrected chi connectivity index (χ0v) is 11.3. The van der Waals surface area contributed by atoms with Gasteiger partial charge in [-0.05, 0) is 38.5 Å². The molecule has 6 heteroatoms. The van der Waals surface area contributed by atoms with Crippen molar-refractivity contribution in [1.82, 2.24) is 10.2 Å². The van der Waals surface area contributed by atoms with Crippen molar-refractivity contribution in [3.05, 3.63) is 0 Å². The van der Waals surface area contributed by atoms with Crippen molar-refractivity contribution in [3.63, 3.8) is 0 Å². The summed E-state index contributed by atoms with van der Waals surface area (Å²) in [4.78, 5) is 24.6. The number of aliphatic hydroxyl groups excluding tert-OH is 1. The molecule has 0 radical (unpaired) electrons. The molecule has 19 heavy (non-hydrogen) atoms. The van der Waals surface area contributed by atoms with Crippen LogP contribution in [0.25, 0.3) is 0 Å². The first-order valence-electron chi connectivity index (χ1n) is 6.89. The first-order valence-corrected chi connectivity index (χ1v) is 6.89. The molecule has 1 heterocycles. The van der Waals surface area contributed by atoms with E-state index in [1.165, 1.54) is 0 Å². The lowest BCUT2D eigenvalue weighted by atomic mass is 9.92. The van der Waals surface area contributed by atoms with E-state index in [-0.39, 0.29) is 24.6 Å². The Hall–Kier alpha value is -1.30. The number of hydrogen-bond donors (Lipinski definition) is 3. The highest BCUT2D eigenvalue weighted by molar-refractivity contribution is 5.80. The molecule has 1 saturated heterocycles. The number of amides is 2. The first-order chi connectivity index (χ1) is 8.94. The molecule has 2 fully saturated rings. The van der Waals surface area contributed by atoms with Gasteiger partial charge in [0.15, 0.2) is 0 Å². The van der Waals surface area contributed by atoms with Crippen molar-refractivity contribution < 1.29 is 19.8 Å². The molecule has 6 nitrogen and oxygen atoms in total. The van der Waals surface area contributed by atoms with E-state index in [9.17, 15) is 14.7 Å². The van der Waals surface area contributed by atoms with Gasteiger partial charge in [0.25, 0.3) is 0 Å². The quantitative estimate of drug-likeness (QED) is 0.700. The summed E-state index contributed by atoms with van der Waals surface area (Å²) in [6.07, 6.45) is 2.57. The van der Waals surface area contributed by atoms with Gasteiger partial charge in [0.1, 0.15) is 0 Å². The molecule has 0 bridgehead atoms. The number of aliphatic hydroxyl groups is 1. The van der Waals surface area contributed by atoms with Gasteiger partial charge in [0, 0.05) is 19.6 Å². The number of rotatable bonds is 4. The van der Waals surface area contributed by atoms with Gasteiger partial charge in [-0.1, -0.05) is 0 Å². The molecule has 1 atom stereocenters. The van der Waals surface area contributed by atoms with Crippen molar-refractivity contribution in [3.8, 4) is 0 Å². The average molecular weight is 270 g/mol. The van der Waals surface area contributed by atoms with Crippen LogP contribution in [0, 0.1) is 11.3 Å². The minimum absolute atomic E-state index is 0.184. The highest BCUT2D eigenvalue weighted by atomic mass is 16.4. The van der Waals surface area contributed by atoms with Gasteiger partial charge in [0.2, 0.25) is 0 Å². The lowest BCUT2D eigenvalue weighted by molar-refractivity contribution is -0.143. The summed E-state index contributed by atoms with van der Waals surface area (Å²) in [5.74, 6) is -0.557. The molecule has 0 aromatic carbocycles. The van der Waals surface area contributed by atoms with Crippen LogP contribution in [-0.2, 0) is 4.79 Å². The number of carbonyl (C=O) groups is 2. The van der Waals surface area contributed by atoms with E-state index in [0.717, 1.165) is 12.8 Å². The van der Waals surface area contributed by atoms with Crippen LogP contribution in [0.5, 0.6) is 0 Å². The number of piperidine rings is 1. The number of carbonyl (C=O) groups excluding carboxylic acids is 1. The van der Waals surface area contributed by atoms with Gasteiger partial charge in [-0.2, -0.15) is 0 Å². The van der Waals surface area contributed by atoms with E-state index in [4.69, 9.17) is 5.11 Å². The summed E-state index contributed by atoms with van der Waals surface area (Å²) in [6, 6.07) is -0.184. The molecule has 2 aliphatic rings. The van der Waals surface area contributed by atoms with Gasteiger partial charge in [-0.25, -0.2) is 4.79 Å². The number of urea groups is 1. The zero-order valence-electron chi connectivity index (χ0n) is 11.3. The fourth-order valence-electron chi connectivity index (χ4n) is 2.56. The second-order valence-corrected chi connectivity index (χ2v) is 5.81. The van der Waals surface area contributed by atoms with Crippen molar-refractivity contribution in [2.24, 2.45) is 11.3 Å². The van der Waals surface area contributed by atoms with E-state index in [2.05, 4.69) is 5.32 Å². The summed E-state index contributed by atoms with van der Waals surface area (Å²) < 4.78 is 0. The van der Waals surface area contributed by atoms with Crippen LogP contribution in [0.2, 0.25) is 0 Å². The number of aliphatic carboxylic acids is 1. The third kappa shape index (κ3) is 3.18. The Morgan fingerprint density at radius 2 is 1.95 bits per heavy atom. The molecule has 2 rings (SSSR count). The maximum Gasteiger partial charge on any atom is 0.317 e. The first kappa shape index (κ1) is 14.1. The molecule has 0 spiro atoms. The molecule has 108 valence electrons. The van der Waals surface area contributed by atoms with Crippen LogP contribution in [0.1, 0.15) is 32.6 Å². The summed E-state index contributed by atoms with van der Waals surface area (Å²) in [6.45, 7) is 3.25. The average Bonchev–Trinajstić information content (AvgIpc) is 3.17. The van der Waals surface area contributed by atoms with Gasteiger partial charge < -0.3 is 20.4 Å². The Bertz CT molecular complexity index is 358. The number of nitrogens with zero attached hydrogens (tertiary/aromatic N) is 1. The van der Waals surface area contributed by atoms with Gasteiger partial charge in [-0.3, -0.25) is 4.79 Å². The number of likely N-dealkylation sites (tertiary alicyclic amines) is 1. The van der Waals surface area contributed by atoms with Crippen LogP contribution in [0.3, 0.4) is 0 Å². The minimum Gasteiger partial charge on any atom is -0.481 e. The molecule has 3 N–H and O–H groups in total. The number of nitrogens with one attached hydrogen (secondary N) is 1. The Morgan fingerprint density at radius 1 is 1.37 bits per heavy atom. The number of carboxylic acid groups (broad SMARTS) is 1. The maximum absolute atomic E-state index is 11.9. The standard InChI is InChI=1S/C13H22N2O4/c1-9(16)10-2-6-15(7-3-10)12(19)14-8-13(4-5-13)11(17)18/h9-10,16H,2-8H2,1H3,(H,14,19)(H,17,18). The zero-order chi connectivity index (χ0) is 14.0. The highest BCUT2D eigenvalue weighted by Gasteiger charge is 2.50. The molecule has 1 aliphatic heterocycles. The highest BCUT2D eigenvalue weighted by Crippen LogP contribution is 2.45. The van der Waals surface area contributed by atoms with E-state index < -0.39 is 11.4 Å². The van der Waals surface area contributed by atoms with Crippen molar-refractivity contribution in [2.45, 2.75) is 38.7 Å². The summed E-state index contributed by atoms with van der Waals surface area (Å²) in [5, 5.41) is 21.3. The lowest BCUT2D eigenvalue weighted by Crippen LogP contribution is -2.47. The molecule has 0 aromatic rings. The molecule has 0 aromatic heterocycles. The van der Waals surface area contributed by atoms with E-state index in [1.807, 2.05) is 0 Å². The van der Waals surface area contributed by atoms with Crippen LogP contribution < -0.4 is 5.32 Å². The fraction of sp³-hybridized carbons (Fsp3) is 0.846. The van der Waals surface area contributed by atoms with Crippen molar-refractivity contribution in [1.29, 1.82) is 0 Å². The van der Waals surface area contributed by atoms with Gasteiger partial charge >= 0.3 is 12.0 Å². The SMILES string of the molecule is CC(O)C1CCN(C(=O)NCC2(C(=O)O)CC2)CC1. The largest absolute Gasteiger partial charge is 0.481 e. The Labute approximate surface area is 112 Å². The Kier molecular flexibility index (Phi) is 3.99. The predicted octanol–water partition coefficient (Wildman–Crippen LogP) is 0.654. The second kappa shape index (κ2) is 5.36. The van der Waals surface area contributed by atoms with Crippen LogP contribution >= 0.6 is 0 Å².